The molecular weight excluding hydrogens is 1090 g/mol. The predicted molar refractivity (Wildman–Crippen MR) is 310 cm³/mol. The van der Waals surface area contributed by atoms with Crippen LogP contribution < -0.4 is 15.4 Å². The van der Waals surface area contributed by atoms with Crippen molar-refractivity contribution in [1.82, 2.24) is 35.3 Å². The maximum atomic E-state index is 14.1. The Morgan fingerprint density at radius 2 is 1.46 bits per heavy atom. The first-order chi connectivity index (χ1) is 39.4. The van der Waals surface area contributed by atoms with Gasteiger partial charge in [0.15, 0.2) is 5.82 Å². The standard InChI is InChI=1S/C60H71N9O11S2/c1-35-38(4)82-59-52(35)53(64-47(30-51(72)75-9)56-67-66-39(5)69(56)59)42-14-12-41(13-15-42)44-18-19-49(45(28-44)31-61)80-27-26-78-23-22-76-20-21-77-24-25-79-33-50(71)65-55(60(6,7)8)58(74)68-32-46(70)29-48(68)57(73)63-36(2)40-10-16-43(17-11-40)54-37(3)62-34-81-54/h10-19,28,34,36,46-48,55,70H,20-27,29-30,32-33H2,1-9H3,(H,63,73)(H,65,71)/t36-,46+,47-,48-,55?/m0/s1. The molecule has 1 unspecified atom stereocenters. The van der Waals surface area contributed by atoms with Gasteiger partial charge in [0, 0.05) is 29.0 Å². The SMILES string of the molecule is COC(=O)C[C@@H]1N=C(c2ccc(-c3ccc(OCCOCCOCCOCCOCC(=O)NC(C(=O)N4C[C@H](O)C[C@H]4C(=O)N[C@@H](C)c4ccc(-c5scnc5C)cc4)C(C)(C)C)c(C#N)c3)cc2)c2c(sc(C)c2C)-n2c(C)nnc21. The Morgan fingerprint density at radius 3 is 2.10 bits per heavy atom. The van der Waals surface area contributed by atoms with Gasteiger partial charge in [-0.3, -0.25) is 28.7 Å². The van der Waals surface area contributed by atoms with Gasteiger partial charge in [-0.05, 0) is 80.0 Å². The van der Waals surface area contributed by atoms with Gasteiger partial charge < -0.3 is 49.1 Å². The number of carbonyl (C=O) groups is 4. The van der Waals surface area contributed by atoms with Crippen molar-refractivity contribution in [2.24, 2.45) is 10.4 Å². The molecule has 0 spiro atoms. The lowest BCUT2D eigenvalue weighted by molar-refractivity contribution is -0.144. The van der Waals surface area contributed by atoms with Gasteiger partial charge in [-0.15, -0.1) is 32.9 Å². The molecule has 0 radical (unpaired) electrons. The monoisotopic (exact) mass is 1160 g/mol. The number of likely N-dealkylation sites (tertiary alicyclic amines) is 1. The first kappa shape index (κ1) is 60.9. The minimum absolute atomic E-state index is 0.0142. The van der Waals surface area contributed by atoms with E-state index >= 15 is 0 Å². The molecule has 5 atom stereocenters. The quantitative estimate of drug-likeness (QED) is 0.0371. The van der Waals surface area contributed by atoms with Crippen LogP contribution in [-0.4, -0.2) is 150 Å². The molecule has 8 rings (SSSR count). The molecule has 3 N–H and O–H groups in total. The zero-order valence-corrected chi connectivity index (χ0v) is 49.4. The molecule has 20 nitrogen and oxygen atoms in total. The van der Waals surface area contributed by atoms with Crippen molar-refractivity contribution < 1.29 is 52.7 Å². The number of ether oxygens (including phenoxy) is 6. The number of carbonyl (C=O) groups excluding carboxylic acids is 4. The number of aliphatic hydroxyl groups is 1. The summed E-state index contributed by atoms with van der Waals surface area (Å²) in [6, 6.07) is 20.7. The fraction of sp³-hybridized carbons (Fsp3) is 0.450. The summed E-state index contributed by atoms with van der Waals surface area (Å²) in [7, 11) is 1.36. The molecule has 1 fully saturated rings. The number of nitriles is 1. The van der Waals surface area contributed by atoms with Gasteiger partial charge in [-0.1, -0.05) is 75.4 Å². The van der Waals surface area contributed by atoms with Gasteiger partial charge in [-0.2, -0.15) is 5.26 Å². The number of aliphatic hydroxyl groups excluding tert-OH is 1. The van der Waals surface area contributed by atoms with Crippen LogP contribution in [0.3, 0.4) is 0 Å². The minimum Gasteiger partial charge on any atom is -0.490 e. The van der Waals surface area contributed by atoms with E-state index in [1.54, 1.807) is 34.8 Å². The molecule has 2 aliphatic rings. The van der Waals surface area contributed by atoms with E-state index < -0.39 is 47.4 Å². The van der Waals surface area contributed by atoms with Crippen molar-refractivity contribution in [2.45, 2.75) is 98.5 Å². The Balaban J connectivity index is 0.708. The lowest BCUT2D eigenvalue weighted by atomic mass is 9.85. The Bertz CT molecular complexity index is 3290. The second-order valence-corrected chi connectivity index (χ2v) is 23.3. The molecule has 6 aromatic rings. The number of hydrogen-bond donors (Lipinski definition) is 3. The lowest BCUT2D eigenvalue weighted by Gasteiger charge is -2.35. The van der Waals surface area contributed by atoms with Crippen LogP contribution in [0.25, 0.3) is 26.6 Å². The number of aliphatic imine (C=N–C) groups is 1. The van der Waals surface area contributed by atoms with E-state index in [2.05, 4.69) is 45.7 Å². The topological polar surface area (TPSA) is 251 Å². The van der Waals surface area contributed by atoms with E-state index in [9.17, 15) is 29.5 Å². The number of fused-ring (bicyclic) bond motifs is 3. The zero-order valence-electron chi connectivity index (χ0n) is 47.8. The summed E-state index contributed by atoms with van der Waals surface area (Å²) >= 11 is 3.21. The fourth-order valence-corrected chi connectivity index (χ4v) is 11.8. The number of nitrogens with one attached hydrogen (secondary N) is 2. The maximum absolute atomic E-state index is 14.1. The van der Waals surface area contributed by atoms with Crippen LogP contribution in [0.5, 0.6) is 5.75 Å². The van der Waals surface area contributed by atoms with E-state index in [4.69, 9.17) is 33.4 Å². The lowest BCUT2D eigenvalue weighted by Crippen LogP contribution is -2.58. The molecule has 1 saturated heterocycles. The van der Waals surface area contributed by atoms with Crippen LogP contribution in [0.2, 0.25) is 0 Å². The van der Waals surface area contributed by atoms with Crippen molar-refractivity contribution in [1.29, 1.82) is 5.26 Å². The maximum Gasteiger partial charge on any atom is 0.308 e. The van der Waals surface area contributed by atoms with Crippen molar-refractivity contribution in [3.8, 4) is 38.4 Å². The summed E-state index contributed by atoms with van der Waals surface area (Å²) in [5.74, 6) is -0.00243. The average molecular weight is 1160 g/mol. The fourth-order valence-electron chi connectivity index (χ4n) is 9.76. The van der Waals surface area contributed by atoms with Crippen LogP contribution in [0.4, 0.5) is 0 Å². The number of methoxy groups -OCH3 is 1. The number of nitrogens with zero attached hydrogens (tertiary/aromatic N) is 7. The number of benzene rings is 3. The smallest absolute Gasteiger partial charge is 0.308 e. The van der Waals surface area contributed by atoms with E-state index in [1.807, 2.05) is 106 Å². The number of β-amino-alcohol motifs (C(OH)–C–C–N with tert-alkyl or cyclic N) is 1. The van der Waals surface area contributed by atoms with Crippen LogP contribution >= 0.6 is 22.7 Å². The summed E-state index contributed by atoms with van der Waals surface area (Å²) < 4.78 is 35.4. The highest BCUT2D eigenvalue weighted by atomic mass is 32.1. The molecule has 3 amide bonds. The molecule has 5 heterocycles. The van der Waals surface area contributed by atoms with Gasteiger partial charge in [-0.25, -0.2) is 4.98 Å². The van der Waals surface area contributed by atoms with E-state index in [-0.39, 0.29) is 64.4 Å². The Labute approximate surface area is 485 Å². The Hall–Kier alpha value is -7.23. The molecule has 22 heteroatoms. The number of thiophene rings is 1. The molecule has 0 saturated carbocycles. The molecular formula is C60H71N9O11S2. The van der Waals surface area contributed by atoms with Crippen LogP contribution in [0, 0.1) is 44.4 Å². The normalized spacial score (nSPS) is 16.5. The largest absolute Gasteiger partial charge is 0.490 e. The predicted octanol–water partition coefficient (Wildman–Crippen LogP) is 7.50. The number of rotatable bonds is 25. The van der Waals surface area contributed by atoms with Crippen molar-refractivity contribution in [2.75, 3.05) is 73.1 Å². The van der Waals surface area contributed by atoms with Gasteiger partial charge in [0.25, 0.3) is 0 Å². The Kier molecular flexibility index (Phi) is 20.6. The second-order valence-electron chi connectivity index (χ2n) is 21.2. The Morgan fingerprint density at radius 1 is 0.829 bits per heavy atom. The third kappa shape index (κ3) is 14.7. The highest BCUT2D eigenvalue weighted by molar-refractivity contribution is 7.15. The van der Waals surface area contributed by atoms with Gasteiger partial charge >= 0.3 is 5.97 Å². The van der Waals surface area contributed by atoms with E-state index in [1.165, 1.54) is 12.0 Å². The van der Waals surface area contributed by atoms with Crippen LogP contribution in [-0.2, 0) is 42.9 Å². The molecule has 0 aliphatic carbocycles. The minimum atomic E-state index is -0.991. The number of esters is 1. The summed E-state index contributed by atoms with van der Waals surface area (Å²) in [4.78, 5) is 66.4. The summed E-state index contributed by atoms with van der Waals surface area (Å²) in [5.41, 5.74) is 9.78. The van der Waals surface area contributed by atoms with Gasteiger partial charge in [0.2, 0.25) is 17.7 Å². The highest BCUT2D eigenvalue weighted by Gasteiger charge is 2.45. The zero-order chi connectivity index (χ0) is 58.7. The number of aromatic nitrogens is 4. The second kappa shape index (κ2) is 27.7. The summed E-state index contributed by atoms with van der Waals surface area (Å²) in [5, 5.41) is 36.2. The highest BCUT2D eigenvalue weighted by Crippen LogP contribution is 2.40. The van der Waals surface area contributed by atoms with E-state index in [0.717, 1.165) is 65.1 Å². The van der Waals surface area contributed by atoms with Gasteiger partial charge in [0.05, 0.1) is 99.3 Å². The average Bonchev–Trinajstić information content (AvgIpc) is 4.42. The molecule has 434 valence electrons. The first-order valence-electron chi connectivity index (χ1n) is 27.2. The van der Waals surface area contributed by atoms with Crippen molar-refractivity contribution in [3.63, 3.8) is 0 Å². The number of thiazole rings is 1. The van der Waals surface area contributed by atoms with Crippen molar-refractivity contribution in [3.05, 3.63) is 122 Å². The van der Waals surface area contributed by atoms with Crippen LogP contribution in [0.1, 0.15) is 103 Å². The van der Waals surface area contributed by atoms with Crippen molar-refractivity contribution >= 4 is 52.1 Å². The molecule has 3 aromatic carbocycles. The molecule has 82 heavy (non-hydrogen) atoms. The third-order valence-corrected chi connectivity index (χ3v) is 16.5. The van der Waals surface area contributed by atoms with E-state index in [0.29, 0.717) is 49.4 Å². The molecule has 0 bridgehead atoms. The number of hydrogen-bond acceptors (Lipinski definition) is 18. The third-order valence-electron chi connectivity index (χ3n) is 14.3. The van der Waals surface area contributed by atoms with Gasteiger partial charge in [0.1, 0.15) is 54.0 Å². The summed E-state index contributed by atoms with van der Waals surface area (Å²) in [6.07, 6.45) is -0.803. The molecule has 3 aromatic heterocycles. The number of amides is 3. The first-order valence-corrected chi connectivity index (χ1v) is 28.9. The number of aryl methyl sites for hydroxylation is 3. The summed E-state index contributed by atoms with van der Waals surface area (Å²) in [6.45, 7) is 17.1. The molecule has 2 aliphatic heterocycles. The van der Waals surface area contributed by atoms with Crippen LogP contribution in [0.15, 0.2) is 77.2 Å².